The molecule has 3 heteroatoms. The molecule has 0 saturated heterocycles. The van der Waals surface area contributed by atoms with Gasteiger partial charge < -0.3 is 0 Å². The highest BCUT2D eigenvalue weighted by molar-refractivity contribution is 7.30. The summed E-state index contributed by atoms with van der Waals surface area (Å²) in [5.41, 5.74) is 3.05. The smallest absolute Gasteiger partial charge is 0.177 e. The predicted octanol–water partition coefficient (Wildman–Crippen LogP) is 7.59. The van der Waals surface area contributed by atoms with Crippen LogP contribution in [0.2, 0.25) is 0 Å². The molecule has 2 nitrogen and oxygen atoms in total. The third-order valence-electron chi connectivity index (χ3n) is 9.59. The van der Waals surface area contributed by atoms with E-state index in [0.717, 1.165) is 17.8 Å². The van der Waals surface area contributed by atoms with E-state index >= 15 is 0 Å². The van der Waals surface area contributed by atoms with Crippen molar-refractivity contribution in [2.45, 2.75) is 56.8 Å². The van der Waals surface area contributed by atoms with Crippen molar-refractivity contribution in [2.75, 3.05) is 0 Å². The van der Waals surface area contributed by atoms with Crippen molar-refractivity contribution < 1.29 is 9.59 Å². The van der Waals surface area contributed by atoms with E-state index in [2.05, 4.69) is 11.9 Å². The molecule has 176 valence electrons. The van der Waals surface area contributed by atoms with Gasteiger partial charge in [-0.05, 0) is 91.3 Å². The van der Waals surface area contributed by atoms with E-state index in [4.69, 9.17) is 0 Å². The molecule has 0 unspecified atom stereocenters. The monoisotopic (exact) mass is 478 g/mol. The van der Waals surface area contributed by atoms with Crippen molar-refractivity contribution in [3.63, 3.8) is 0 Å². The maximum atomic E-state index is 14.0. The Morgan fingerprint density at radius 2 is 1.17 bits per heavy atom. The molecule has 3 aromatic rings. The zero-order valence-corrected chi connectivity index (χ0v) is 21.0. The standard InChI is InChI=1S/C32H31O2P/c33-29(24-7-3-1-4-8-24)32(30(34)25-9-5-2-6-10-25)18-26-14-28(35-20-27(26)19-32)31-15-21-11-22(16-31)13-23(12-21)17-31/h1-10,14,20-23H,11-13,15-19H2. The van der Waals surface area contributed by atoms with Gasteiger partial charge in [0.15, 0.2) is 11.6 Å². The Morgan fingerprint density at radius 1 is 0.686 bits per heavy atom. The molecule has 0 N–H and O–H groups in total. The van der Waals surface area contributed by atoms with Crippen molar-refractivity contribution in [3.8, 4) is 0 Å². The number of Topliss-reactive ketones (excluding diaryl/α,β-unsaturated/α-hetero) is 2. The molecular formula is C32H31O2P. The topological polar surface area (TPSA) is 34.1 Å². The predicted molar refractivity (Wildman–Crippen MR) is 140 cm³/mol. The van der Waals surface area contributed by atoms with E-state index in [1.807, 2.05) is 60.7 Å². The van der Waals surface area contributed by atoms with E-state index in [1.165, 1.54) is 57.8 Å². The van der Waals surface area contributed by atoms with Gasteiger partial charge in [-0.2, -0.15) is 0 Å². The molecule has 1 aromatic heterocycles. The fourth-order valence-corrected chi connectivity index (χ4v) is 9.76. The Balaban J connectivity index is 1.29. The van der Waals surface area contributed by atoms with Gasteiger partial charge in [0.2, 0.25) is 0 Å². The Hall–Kier alpha value is -2.57. The van der Waals surface area contributed by atoms with Gasteiger partial charge in [0.05, 0.1) is 0 Å². The second-order valence-corrected chi connectivity index (χ2v) is 12.9. The van der Waals surface area contributed by atoms with Gasteiger partial charge in [-0.25, -0.2) is 0 Å². The van der Waals surface area contributed by atoms with Gasteiger partial charge in [-0.3, -0.25) is 9.59 Å². The minimum Gasteiger partial charge on any atom is -0.293 e. The fraction of sp³-hybridized carbons (Fsp3) is 0.406. The van der Waals surface area contributed by atoms with Crippen LogP contribution >= 0.6 is 8.19 Å². The van der Waals surface area contributed by atoms with Crippen LogP contribution in [0.25, 0.3) is 0 Å². The normalized spacial score (nSPS) is 29.9. The first-order chi connectivity index (χ1) is 17.0. The van der Waals surface area contributed by atoms with E-state index < -0.39 is 5.41 Å². The second-order valence-electron chi connectivity index (χ2n) is 11.9. The molecule has 1 heterocycles. The molecule has 4 saturated carbocycles. The van der Waals surface area contributed by atoms with Gasteiger partial charge >= 0.3 is 0 Å². The molecule has 0 atom stereocenters. The van der Waals surface area contributed by atoms with E-state index in [0.29, 0.717) is 29.4 Å². The zero-order chi connectivity index (χ0) is 23.6. The maximum Gasteiger partial charge on any atom is 0.177 e. The number of carbonyl (C=O) groups excluding carboxylic acids is 2. The van der Waals surface area contributed by atoms with E-state index in [-0.39, 0.29) is 11.6 Å². The molecule has 8 rings (SSSR count). The van der Waals surface area contributed by atoms with Gasteiger partial charge in [0, 0.05) is 16.5 Å². The summed E-state index contributed by atoms with van der Waals surface area (Å²) >= 11 is 0. The number of rotatable bonds is 5. The minimum atomic E-state index is -1.05. The molecule has 0 aliphatic heterocycles. The van der Waals surface area contributed by atoms with Crippen LogP contribution in [0.4, 0.5) is 0 Å². The van der Waals surface area contributed by atoms with Crippen LogP contribution in [-0.2, 0) is 18.3 Å². The van der Waals surface area contributed by atoms with Crippen molar-refractivity contribution in [2.24, 2.45) is 23.2 Å². The van der Waals surface area contributed by atoms with Crippen LogP contribution in [0.15, 0.2) is 72.5 Å². The highest BCUT2D eigenvalue weighted by atomic mass is 31.0. The second kappa shape index (κ2) is 7.97. The molecule has 5 aliphatic carbocycles. The van der Waals surface area contributed by atoms with E-state index in [1.54, 1.807) is 5.30 Å². The van der Waals surface area contributed by atoms with Gasteiger partial charge in [0.25, 0.3) is 0 Å². The summed E-state index contributed by atoms with van der Waals surface area (Å²) in [6, 6.07) is 21.3. The summed E-state index contributed by atoms with van der Waals surface area (Å²) in [6.45, 7) is 0. The first kappa shape index (κ1) is 21.7. The summed E-state index contributed by atoms with van der Waals surface area (Å²) in [5, 5.41) is 1.57. The Bertz CT molecular complexity index is 1220. The molecule has 5 aliphatic rings. The quantitative estimate of drug-likeness (QED) is 0.280. The van der Waals surface area contributed by atoms with Gasteiger partial charge in [0.1, 0.15) is 5.41 Å². The Labute approximate surface area is 209 Å². The summed E-state index contributed by atoms with van der Waals surface area (Å²) in [7, 11) is 1.30. The fourth-order valence-electron chi connectivity index (χ4n) is 8.43. The summed E-state index contributed by atoms with van der Waals surface area (Å²) < 4.78 is 0. The lowest BCUT2D eigenvalue weighted by Gasteiger charge is -2.57. The lowest BCUT2D eigenvalue weighted by Crippen LogP contribution is -2.48. The minimum absolute atomic E-state index is 0.0313. The number of hydrogen-bond donors (Lipinski definition) is 0. The average Bonchev–Trinajstić information content (AvgIpc) is 3.28. The third-order valence-corrected chi connectivity index (χ3v) is 10.9. The first-order valence-electron chi connectivity index (χ1n) is 13.2. The highest BCUT2D eigenvalue weighted by Crippen LogP contribution is 2.62. The zero-order valence-electron chi connectivity index (χ0n) is 20.1. The molecule has 0 radical (unpaired) electrons. The largest absolute Gasteiger partial charge is 0.293 e. The average molecular weight is 479 g/mol. The third kappa shape index (κ3) is 3.40. The van der Waals surface area contributed by atoms with Crippen LogP contribution < -0.4 is 0 Å². The molecule has 35 heavy (non-hydrogen) atoms. The number of hydrogen-bond acceptors (Lipinski definition) is 2. The van der Waals surface area contributed by atoms with Gasteiger partial charge in [-0.1, -0.05) is 74.9 Å². The molecule has 0 amide bonds. The van der Waals surface area contributed by atoms with Crippen LogP contribution in [0.5, 0.6) is 0 Å². The molecule has 4 fully saturated rings. The van der Waals surface area contributed by atoms with Crippen molar-refractivity contribution in [3.05, 3.63) is 100 Å². The first-order valence-corrected chi connectivity index (χ1v) is 14.2. The number of carbonyl (C=O) groups is 2. The van der Waals surface area contributed by atoms with Crippen LogP contribution in [-0.4, -0.2) is 11.6 Å². The maximum absolute atomic E-state index is 14.0. The van der Waals surface area contributed by atoms with Crippen molar-refractivity contribution >= 4 is 19.8 Å². The molecule has 2 aromatic carbocycles. The molecular weight excluding hydrogens is 447 g/mol. The lowest BCUT2D eigenvalue weighted by atomic mass is 9.49. The van der Waals surface area contributed by atoms with Crippen LogP contribution in [0.3, 0.4) is 0 Å². The summed E-state index contributed by atoms with van der Waals surface area (Å²) in [6.07, 6.45) is 9.43. The molecule has 4 bridgehead atoms. The van der Waals surface area contributed by atoms with Crippen LogP contribution in [0, 0.1) is 23.2 Å². The Morgan fingerprint density at radius 3 is 1.69 bits per heavy atom. The highest BCUT2D eigenvalue weighted by Gasteiger charge is 2.53. The summed E-state index contributed by atoms with van der Waals surface area (Å²) in [5.74, 6) is 5.02. The van der Waals surface area contributed by atoms with Gasteiger partial charge in [-0.15, -0.1) is 0 Å². The number of ketones is 2. The van der Waals surface area contributed by atoms with Crippen LogP contribution in [0.1, 0.15) is 75.7 Å². The van der Waals surface area contributed by atoms with Crippen molar-refractivity contribution in [1.29, 1.82) is 0 Å². The van der Waals surface area contributed by atoms with Crippen molar-refractivity contribution in [1.82, 2.24) is 0 Å². The Kier molecular flexibility index (Phi) is 4.94. The number of benzene rings is 2. The molecule has 0 spiro atoms. The van der Waals surface area contributed by atoms with E-state index in [9.17, 15) is 9.59 Å². The SMILES string of the molecule is O=C(c1ccccc1)C1(C(=O)c2ccccc2)Cc2cpc(C34CC5CC(CC(C5)C3)C4)cc2C1. The number of fused-ring (bicyclic) bond motifs is 1. The lowest BCUT2D eigenvalue weighted by molar-refractivity contribution is -0.00350. The summed E-state index contributed by atoms with van der Waals surface area (Å²) in [4.78, 5) is 28.1.